The van der Waals surface area contributed by atoms with Gasteiger partial charge in [0.05, 0.1) is 0 Å². The Morgan fingerprint density at radius 3 is 2.75 bits per heavy atom. The van der Waals surface area contributed by atoms with E-state index in [0.717, 1.165) is 11.1 Å². The third-order valence-corrected chi connectivity index (χ3v) is 3.85. The molecule has 0 radical (unpaired) electrons. The zero-order valence-corrected chi connectivity index (χ0v) is 12.5. The van der Waals surface area contributed by atoms with Crippen molar-refractivity contribution in [1.82, 2.24) is 10.2 Å². The van der Waals surface area contributed by atoms with E-state index in [0.29, 0.717) is 29.6 Å². The average molecular weight is 316 g/mol. The number of nitrogens with one attached hydrogen (secondary N) is 1. The molecule has 1 heterocycles. The van der Waals surface area contributed by atoms with Gasteiger partial charge in [0.25, 0.3) is 0 Å². The van der Waals surface area contributed by atoms with E-state index in [1.165, 1.54) is 0 Å². The first-order chi connectivity index (χ1) is 9.38. The van der Waals surface area contributed by atoms with Crippen molar-refractivity contribution >= 4 is 35.1 Å². The molecule has 3 amide bonds. The van der Waals surface area contributed by atoms with Crippen molar-refractivity contribution in [2.75, 3.05) is 6.54 Å². The van der Waals surface area contributed by atoms with Gasteiger partial charge in [0.15, 0.2) is 0 Å². The molecule has 0 saturated heterocycles. The molecule has 1 aliphatic rings. The van der Waals surface area contributed by atoms with Crippen LogP contribution in [0.1, 0.15) is 18.1 Å². The smallest absolute Gasteiger partial charge is 0.312 e. The van der Waals surface area contributed by atoms with E-state index in [-0.39, 0.29) is 5.91 Å². The molecule has 2 rings (SSSR count). The lowest BCUT2D eigenvalue weighted by molar-refractivity contribution is -0.133. The minimum Gasteiger partial charge on any atom is -0.352 e. The Hall–Kier alpha value is -1.46. The maximum absolute atomic E-state index is 12.2. The first kappa shape index (κ1) is 14.9. The molecule has 7 heteroatoms. The highest BCUT2D eigenvalue weighted by atomic mass is 35.5. The summed E-state index contributed by atoms with van der Waals surface area (Å²) in [6.07, 6.45) is 0.685. The molecule has 0 unspecified atom stereocenters. The highest BCUT2D eigenvalue weighted by molar-refractivity contribution is 6.35. The Labute approximate surface area is 127 Å². The Kier molecular flexibility index (Phi) is 4.40. The fourth-order valence-electron chi connectivity index (χ4n) is 2.32. The quantitative estimate of drug-likeness (QED) is 0.875. The minimum atomic E-state index is -0.715. The molecule has 0 saturated carbocycles. The van der Waals surface area contributed by atoms with E-state index in [1.807, 2.05) is 6.07 Å². The number of carbonyl (C=O) groups excluding carboxylic acids is 2. The van der Waals surface area contributed by atoms with E-state index in [2.05, 4.69) is 5.32 Å². The monoisotopic (exact) mass is 315 g/mol. The molecule has 0 fully saturated rings. The molecule has 0 bridgehead atoms. The van der Waals surface area contributed by atoms with Crippen LogP contribution in [0.25, 0.3) is 0 Å². The molecule has 20 heavy (non-hydrogen) atoms. The van der Waals surface area contributed by atoms with Crippen molar-refractivity contribution in [2.45, 2.75) is 25.9 Å². The van der Waals surface area contributed by atoms with Crippen LogP contribution in [0, 0.1) is 0 Å². The lowest BCUT2D eigenvalue weighted by atomic mass is 9.99. The first-order valence-corrected chi connectivity index (χ1v) is 6.95. The number of rotatable bonds is 2. The number of primary amides is 1. The second-order valence-corrected chi connectivity index (χ2v) is 5.61. The summed E-state index contributed by atoms with van der Waals surface area (Å²) in [4.78, 5) is 24.7. The Balaban J connectivity index is 2.15. The van der Waals surface area contributed by atoms with Gasteiger partial charge in [0.1, 0.15) is 6.04 Å². The van der Waals surface area contributed by atoms with Gasteiger partial charge >= 0.3 is 6.03 Å². The van der Waals surface area contributed by atoms with E-state index >= 15 is 0 Å². The number of urea groups is 1. The highest BCUT2D eigenvalue weighted by Crippen LogP contribution is 2.30. The topological polar surface area (TPSA) is 75.4 Å². The number of halogens is 2. The molecule has 1 atom stereocenters. The highest BCUT2D eigenvalue weighted by Gasteiger charge is 2.26. The van der Waals surface area contributed by atoms with Crippen molar-refractivity contribution in [2.24, 2.45) is 5.73 Å². The molecular weight excluding hydrogens is 301 g/mol. The number of hydrogen-bond acceptors (Lipinski definition) is 2. The number of carbonyl (C=O) groups is 2. The van der Waals surface area contributed by atoms with Crippen LogP contribution in [0.2, 0.25) is 10.0 Å². The van der Waals surface area contributed by atoms with Crippen LogP contribution in [0.5, 0.6) is 0 Å². The number of nitrogens with zero attached hydrogens (tertiary/aromatic N) is 1. The lowest BCUT2D eigenvalue weighted by Gasteiger charge is -2.31. The van der Waals surface area contributed by atoms with Gasteiger partial charge in [-0.1, -0.05) is 23.2 Å². The van der Waals surface area contributed by atoms with Crippen molar-refractivity contribution < 1.29 is 9.59 Å². The molecule has 5 nitrogen and oxygen atoms in total. The van der Waals surface area contributed by atoms with Crippen LogP contribution < -0.4 is 11.1 Å². The third-order valence-electron chi connectivity index (χ3n) is 3.29. The number of fused-ring (bicyclic) bond motifs is 1. The molecule has 3 N–H and O–H groups in total. The fourth-order valence-corrected chi connectivity index (χ4v) is 2.91. The zero-order chi connectivity index (χ0) is 14.9. The summed E-state index contributed by atoms with van der Waals surface area (Å²) in [5, 5.41) is 3.53. The van der Waals surface area contributed by atoms with Gasteiger partial charge in [-0.15, -0.1) is 0 Å². The van der Waals surface area contributed by atoms with Crippen LogP contribution in [0.15, 0.2) is 12.1 Å². The minimum absolute atomic E-state index is 0.180. The van der Waals surface area contributed by atoms with Gasteiger partial charge < -0.3 is 16.0 Å². The third kappa shape index (κ3) is 3.16. The number of nitrogens with two attached hydrogens (primary N) is 1. The summed E-state index contributed by atoms with van der Waals surface area (Å²) >= 11 is 12.1. The summed E-state index contributed by atoms with van der Waals surface area (Å²) in [5.74, 6) is -0.180. The SMILES string of the molecule is C[C@H](NC(N)=O)C(=O)N1CCc2cc(Cl)cc(Cl)c2C1. The molecule has 0 aromatic heterocycles. The zero-order valence-electron chi connectivity index (χ0n) is 11.0. The van der Waals surface area contributed by atoms with Gasteiger partial charge in [-0.3, -0.25) is 4.79 Å². The Bertz CT molecular complexity index is 563. The second-order valence-electron chi connectivity index (χ2n) is 4.77. The summed E-state index contributed by atoms with van der Waals surface area (Å²) < 4.78 is 0. The van der Waals surface area contributed by atoms with E-state index < -0.39 is 12.1 Å². The molecule has 0 spiro atoms. The summed E-state index contributed by atoms with van der Waals surface area (Å²) in [6.45, 7) is 2.58. The van der Waals surface area contributed by atoms with Crippen LogP contribution in [0.4, 0.5) is 4.79 Å². The van der Waals surface area contributed by atoms with Gasteiger partial charge in [-0.05, 0) is 36.6 Å². The molecule has 1 aromatic rings. The van der Waals surface area contributed by atoms with E-state index in [9.17, 15) is 9.59 Å². The van der Waals surface area contributed by atoms with Crippen LogP contribution in [-0.4, -0.2) is 29.4 Å². The predicted octanol–water partition coefficient (Wildman–Crippen LogP) is 1.93. The average Bonchev–Trinajstić information content (AvgIpc) is 2.36. The molecular formula is C13H15Cl2N3O2. The second kappa shape index (κ2) is 5.89. The van der Waals surface area contributed by atoms with E-state index in [1.54, 1.807) is 17.9 Å². The summed E-state index contributed by atoms with van der Waals surface area (Å²) in [5.41, 5.74) is 6.98. The van der Waals surface area contributed by atoms with Gasteiger partial charge in [-0.25, -0.2) is 4.79 Å². The predicted molar refractivity (Wildman–Crippen MR) is 77.8 cm³/mol. The molecule has 1 aromatic carbocycles. The van der Waals surface area contributed by atoms with Gasteiger partial charge in [0.2, 0.25) is 5.91 Å². The lowest BCUT2D eigenvalue weighted by Crippen LogP contribution is -2.49. The number of hydrogen-bond donors (Lipinski definition) is 2. The maximum atomic E-state index is 12.2. The molecule has 108 valence electrons. The fraction of sp³-hybridized carbons (Fsp3) is 0.385. The van der Waals surface area contributed by atoms with Crippen molar-refractivity contribution in [3.8, 4) is 0 Å². The summed E-state index contributed by atoms with van der Waals surface area (Å²) in [7, 11) is 0. The van der Waals surface area contributed by atoms with Crippen molar-refractivity contribution in [1.29, 1.82) is 0 Å². The van der Waals surface area contributed by atoms with Crippen LogP contribution in [-0.2, 0) is 17.8 Å². The standard InChI is InChI=1S/C13H15Cl2N3O2/c1-7(17-13(16)20)12(19)18-3-2-8-4-9(14)5-11(15)10(8)6-18/h4-5,7H,2-3,6H2,1H3,(H3,16,17,20)/t7-/m0/s1. The summed E-state index contributed by atoms with van der Waals surface area (Å²) in [6, 6.07) is 2.17. The Morgan fingerprint density at radius 1 is 1.40 bits per heavy atom. The van der Waals surface area contributed by atoms with Crippen molar-refractivity contribution in [3.63, 3.8) is 0 Å². The van der Waals surface area contributed by atoms with Crippen molar-refractivity contribution in [3.05, 3.63) is 33.3 Å². The van der Waals surface area contributed by atoms with Gasteiger partial charge in [-0.2, -0.15) is 0 Å². The van der Waals surface area contributed by atoms with Gasteiger partial charge in [0, 0.05) is 23.1 Å². The number of amides is 3. The number of benzene rings is 1. The van der Waals surface area contributed by atoms with Crippen LogP contribution in [0.3, 0.4) is 0 Å². The normalized spacial score (nSPS) is 15.4. The molecule has 0 aliphatic carbocycles. The molecule has 1 aliphatic heterocycles. The largest absolute Gasteiger partial charge is 0.352 e. The first-order valence-electron chi connectivity index (χ1n) is 6.20. The maximum Gasteiger partial charge on any atom is 0.312 e. The Morgan fingerprint density at radius 2 is 2.10 bits per heavy atom. The van der Waals surface area contributed by atoms with Crippen LogP contribution >= 0.6 is 23.2 Å². The van der Waals surface area contributed by atoms with E-state index in [4.69, 9.17) is 28.9 Å².